The molecule has 1 aliphatic heterocycles. The van der Waals surface area contributed by atoms with Crippen LogP contribution < -0.4 is 14.5 Å². The molecule has 4 rings (SSSR count). The maximum absolute atomic E-state index is 13.7. The summed E-state index contributed by atoms with van der Waals surface area (Å²) < 4.78 is 6.64. The number of fused-ring (bicyclic) bond motifs is 1. The molecule has 9 nitrogen and oxygen atoms in total. The summed E-state index contributed by atoms with van der Waals surface area (Å²) in [5.41, 5.74) is 1.53. The molecule has 0 radical (unpaired) electrons. The number of likely N-dealkylation sites (N-methyl/N-ethyl adjacent to an activating group) is 1. The fraction of sp³-hybridized carbons (Fsp3) is 0.440. The molecule has 1 fully saturated rings. The van der Waals surface area contributed by atoms with Crippen LogP contribution in [0.1, 0.15) is 36.5 Å². The highest BCUT2D eigenvalue weighted by atomic mass is 35.5. The number of aromatic nitrogens is 1. The maximum atomic E-state index is 13.7. The average molecular weight is 534 g/mol. The molecule has 0 spiro atoms. The molecule has 11 heteroatoms. The lowest BCUT2D eigenvalue weighted by Crippen LogP contribution is -2.37. The number of ether oxygens (including phenoxy) is 1. The fourth-order valence-corrected chi connectivity index (χ4v) is 5.25. The molecule has 1 aliphatic rings. The van der Waals surface area contributed by atoms with Crippen LogP contribution in [0.3, 0.4) is 0 Å². The van der Waals surface area contributed by atoms with E-state index in [1.165, 1.54) is 17.4 Å². The minimum absolute atomic E-state index is 0. The lowest BCUT2D eigenvalue weighted by atomic mass is 10.1. The van der Waals surface area contributed by atoms with E-state index in [9.17, 15) is 14.9 Å². The monoisotopic (exact) mass is 533 g/mol. The van der Waals surface area contributed by atoms with Crippen molar-refractivity contribution in [1.82, 2.24) is 9.88 Å². The summed E-state index contributed by atoms with van der Waals surface area (Å²) in [6, 6.07) is 10.5. The number of nitrogens with zero attached hydrogens (tertiary/aromatic N) is 5. The van der Waals surface area contributed by atoms with E-state index < -0.39 is 4.92 Å². The first kappa shape index (κ1) is 27.6. The Kier molecular flexibility index (Phi) is 9.47. The largest absolute Gasteiger partial charge is 0.492 e. The van der Waals surface area contributed by atoms with Gasteiger partial charge in [0, 0.05) is 37.8 Å². The second-order valence-electron chi connectivity index (χ2n) is 8.80. The zero-order chi connectivity index (χ0) is 24.9. The molecule has 2 heterocycles. The van der Waals surface area contributed by atoms with E-state index in [-0.39, 0.29) is 29.6 Å². The minimum atomic E-state index is -0.392. The van der Waals surface area contributed by atoms with E-state index in [4.69, 9.17) is 9.72 Å². The number of carbonyl (C=O) groups excluding carboxylic acids is 1. The number of benzene rings is 2. The van der Waals surface area contributed by atoms with Crippen molar-refractivity contribution in [2.45, 2.75) is 26.2 Å². The molecule has 36 heavy (non-hydrogen) atoms. The summed E-state index contributed by atoms with van der Waals surface area (Å²) in [5.74, 6) is 0.367. The number of thiazole rings is 1. The highest BCUT2D eigenvalue weighted by Crippen LogP contribution is 2.36. The maximum Gasteiger partial charge on any atom is 0.293 e. The van der Waals surface area contributed by atoms with Gasteiger partial charge >= 0.3 is 0 Å². The zero-order valence-electron chi connectivity index (χ0n) is 20.8. The van der Waals surface area contributed by atoms with Gasteiger partial charge in [0.15, 0.2) is 5.13 Å². The Morgan fingerprint density at radius 3 is 2.58 bits per heavy atom. The summed E-state index contributed by atoms with van der Waals surface area (Å²) in [4.78, 5) is 35.6. The summed E-state index contributed by atoms with van der Waals surface area (Å²) >= 11 is 1.41. The van der Waals surface area contributed by atoms with Crippen molar-refractivity contribution in [3.63, 3.8) is 0 Å². The molecule has 1 aromatic heterocycles. The van der Waals surface area contributed by atoms with Crippen molar-refractivity contribution in [1.29, 1.82) is 0 Å². The van der Waals surface area contributed by atoms with Gasteiger partial charge in [0.2, 0.25) is 0 Å². The zero-order valence-corrected chi connectivity index (χ0v) is 22.4. The average Bonchev–Trinajstić information content (AvgIpc) is 3.29. The number of piperidine rings is 1. The quantitative estimate of drug-likeness (QED) is 0.275. The molecule has 2 aromatic carbocycles. The first-order valence-corrected chi connectivity index (χ1v) is 12.7. The van der Waals surface area contributed by atoms with Crippen molar-refractivity contribution in [2.24, 2.45) is 0 Å². The van der Waals surface area contributed by atoms with E-state index in [1.54, 1.807) is 17.0 Å². The van der Waals surface area contributed by atoms with Crippen molar-refractivity contribution in [3.05, 3.63) is 52.1 Å². The minimum Gasteiger partial charge on any atom is -0.492 e. The van der Waals surface area contributed by atoms with Crippen molar-refractivity contribution < 1.29 is 14.5 Å². The Hall–Kier alpha value is -2.95. The molecule has 0 saturated carbocycles. The van der Waals surface area contributed by atoms with Crippen molar-refractivity contribution in [2.75, 3.05) is 56.7 Å². The highest BCUT2D eigenvalue weighted by Gasteiger charge is 2.27. The third-order valence-corrected chi connectivity index (χ3v) is 7.08. The van der Waals surface area contributed by atoms with Gasteiger partial charge in [-0.3, -0.25) is 19.8 Å². The number of nitro groups is 1. The Morgan fingerprint density at radius 1 is 1.17 bits per heavy atom. The van der Waals surface area contributed by atoms with Gasteiger partial charge in [-0.1, -0.05) is 17.4 Å². The molecule has 1 saturated heterocycles. The number of para-hydroxylation sites is 1. The second-order valence-corrected chi connectivity index (χ2v) is 9.81. The highest BCUT2D eigenvalue weighted by molar-refractivity contribution is 7.22. The van der Waals surface area contributed by atoms with Gasteiger partial charge < -0.3 is 14.5 Å². The number of rotatable bonds is 9. The molecule has 0 atom stereocenters. The van der Waals surface area contributed by atoms with Gasteiger partial charge in [-0.2, -0.15) is 0 Å². The second kappa shape index (κ2) is 12.3. The van der Waals surface area contributed by atoms with Crippen LogP contribution in [-0.2, 0) is 0 Å². The Labute approximate surface area is 221 Å². The third-order valence-electron chi connectivity index (χ3n) is 6.03. The number of carbonyl (C=O) groups is 1. The Balaban J connectivity index is 0.00000361. The Bertz CT molecular complexity index is 1210. The summed E-state index contributed by atoms with van der Waals surface area (Å²) in [7, 11) is 3.87. The third kappa shape index (κ3) is 6.05. The molecule has 0 unspecified atom stereocenters. The summed E-state index contributed by atoms with van der Waals surface area (Å²) in [6.07, 6.45) is 3.16. The first-order chi connectivity index (χ1) is 16.9. The molecule has 0 aliphatic carbocycles. The molecular weight excluding hydrogens is 502 g/mol. The standard InChI is InChI=1S/C25H31N5O4S.ClH/c1-4-34-21-9-8-10-22-23(21)26-25(35-22)29(16-15-27(2)3)24(31)18-11-12-19(20(17-18)30(32)33)28-13-6-5-7-14-28;/h8-12,17H,4-7,13-16H2,1-3H3;1H. The SMILES string of the molecule is CCOc1cccc2sc(N(CCN(C)C)C(=O)c3ccc(N4CCCCC4)c([N+](=O)[O-])c3)nc12.Cl. The lowest BCUT2D eigenvalue weighted by Gasteiger charge is -2.28. The number of anilines is 2. The smallest absolute Gasteiger partial charge is 0.293 e. The topological polar surface area (TPSA) is 92.0 Å². The van der Waals surface area contributed by atoms with Gasteiger partial charge in [0.1, 0.15) is 17.0 Å². The van der Waals surface area contributed by atoms with Crippen LogP contribution in [-0.4, -0.2) is 67.6 Å². The van der Waals surface area contributed by atoms with E-state index in [1.807, 2.05) is 49.0 Å². The molecule has 194 valence electrons. The predicted molar refractivity (Wildman–Crippen MR) is 147 cm³/mol. The molecule has 0 bridgehead atoms. The van der Waals surface area contributed by atoms with E-state index in [0.29, 0.717) is 41.8 Å². The van der Waals surface area contributed by atoms with Crippen LogP contribution in [0.15, 0.2) is 36.4 Å². The van der Waals surface area contributed by atoms with Gasteiger partial charge in [-0.15, -0.1) is 12.4 Å². The van der Waals surface area contributed by atoms with Crippen LogP contribution in [0.4, 0.5) is 16.5 Å². The van der Waals surface area contributed by atoms with Crippen LogP contribution in [0.25, 0.3) is 10.2 Å². The molecule has 3 aromatic rings. The van der Waals surface area contributed by atoms with Crippen molar-refractivity contribution in [3.8, 4) is 5.75 Å². The number of amides is 1. The number of halogens is 1. The van der Waals surface area contributed by atoms with Crippen LogP contribution in [0.2, 0.25) is 0 Å². The number of hydrogen-bond acceptors (Lipinski definition) is 8. The van der Waals surface area contributed by atoms with E-state index in [2.05, 4.69) is 0 Å². The van der Waals surface area contributed by atoms with Crippen LogP contribution >= 0.6 is 23.7 Å². The van der Waals surface area contributed by atoms with Crippen LogP contribution in [0, 0.1) is 10.1 Å². The van der Waals surface area contributed by atoms with Gasteiger partial charge in [-0.05, 0) is 64.5 Å². The van der Waals surface area contributed by atoms with Gasteiger partial charge in [-0.25, -0.2) is 4.98 Å². The molecule has 0 N–H and O–H groups in total. The molecular formula is C25H32ClN5O4S. The van der Waals surface area contributed by atoms with E-state index in [0.717, 1.165) is 37.1 Å². The number of hydrogen-bond donors (Lipinski definition) is 0. The predicted octanol–water partition coefficient (Wildman–Crippen LogP) is 5.22. The van der Waals surface area contributed by atoms with E-state index >= 15 is 0 Å². The number of nitro benzene ring substituents is 1. The van der Waals surface area contributed by atoms with Gasteiger partial charge in [0.25, 0.3) is 11.6 Å². The first-order valence-electron chi connectivity index (χ1n) is 11.9. The van der Waals surface area contributed by atoms with Crippen LogP contribution in [0.5, 0.6) is 5.75 Å². The lowest BCUT2D eigenvalue weighted by molar-refractivity contribution is -0.384. The van der Waals surface area contributed by atoms with Gasteiger partial charge in [0.05, 0.1) is 16.2 Å². The Morgan fingerprint density at radius 2 is 1.92 bits per heavy atom. The normalized spacial score (nSPS) is 13.5. The molecule has 1 amide bonds. The van der Waals surface area contributed by atoms with Crippen molar-refractivity contribution >= 4 is 56.4 Å². The fourth-order valence-electron chi connectivity index (χ4n) is 4.24. The summed E-state index contributed by atoms with van der Waals surface area (Å²) in [6.45, 7) is 5.03. The summed E-state index contributed by atoms with van der Waals surface area (Å²) in [5, 5.41) is 12.5.